The predicted octanol–water partition coefficient (Wildman–Crippen LogP) is 6.53. The van der Waals surface area contributed by atoms with Crippen molar-refractivity contribution in [1.82, 2.24) is 10.2 Å². The molecule has 6 nitrogen and oxygen atoms in total. The van der Waals surface area contributed by atoms with Crippen LogP contribution in [0.5, 0.6) is 5.75 Å². The van der Waals surface area contributed by atoms with Crippen LogP contribution in [0.25, 0.3) is 22.9 Å². The monoisotopic (exact) mass is 465 g/mol. The van der Waals surface area contributed by atoms with Crippen molar-refractivity contribution in [3.63, 3.8) is 0 Å². The average molecular weight is 466 g/mol. The van der Waals surface area contributed by atoms with E-state index in [4.69, 9.17) is 32.4 Å². The summed E-state index contributed by atoms with van der Waals surface area (Å²) in [7, 11) is 0. The highest BCUT2D eigenvalue weighted by Crippen LogP contribution is 2.33. The first kappa shape index (κ1) is 21.6. The highest BCUT2D eigenvalue weighted by atomic mass is 35.5. The number of halogens is 2. The fourth-order valence-electron chi connectivity index (χ4n) is 2.89. The highest BCUT2D eigenvalue weighted by Gasteiger charge is 2.17. The van der Waals surface area contributed by atoms with Gasteiger partial charge in [0.15, 0.2) is 0 Å². The molecule has 32 heavy (non-hydrogen) atoms. The van der Waals surface area contributed by atoms with Crippen LogP contribution in [-0.2, 0) is 0 Å². The number of amides is 1. The van der Waals surface area contributed by atoms with Gasteiger partial charge >= 0.3 is 0 Å². The molecular formula is C24H17Cl2N3O3. The van der Waals surface area contributed by atoms with Crippen molar-refractivity contribution >= 4 is 34.8 Å². The molecule has 3 aromatic carbocycles. The number of carbonyl (C=O) groups excluding carboxylic acids is 1. The molecule has 0 aliphatic carbocycles. The lowest BCUT2D eigenvalue weighted by Crippen LogP contribution is -2.12. The van der Waals surface area contributed by atoms with E-state index >= 15 is 0 Å². The second-order valence-electron chi connectivity index (χ2n) is 6.69. The van der Waals surface area contributed by atoms with Gasteiger partial charge < -0.3 is 14.5 Å². The Hall–Kier alpha value is -3.61. The Morgan fingerprint density at radius 1 is 0.969 bits per heavy atom. The van der Waals surface area contributed by atoms with Crippen LogP contribution in [0.4, 0.5) is 5.69 Å². The Labute approximate surface area is 194 Å². The van der Waals surface area contributed by atoms with Gasteiger partial charge in [0.05, 0.1) is 11.3 Å². The van der Waals surface area contributed by atoms with E-state index in [0.29, 0.717) is 45.1 Å². The normalized spacial score (nSPS) is 10.6. The van der Waals surface area contributed by atoms with Gasteiger partial charge in [0.25, 0.3) is 5.91 Å². The first-order valence-electron chi connectivity index (χ1n) is 9.58. The maximum Gasteiger partial charge on any atom is 0.255 e. The summed E-state index contributed by atoms with van der Waals surface area (Å²) in [6.45, 7) is 3.98. The number of anilines is 1. The summed E-state index contributed by atoms with van der Waals surface area (Å²) < 4.78 is 11.5. The fraction of sp³-hybridized carbons (Fsp3) is 0.0417. The first-order valence-corrected chi connectivity index (χ1v) is 10.3. The molecule has 160 valence electrons. The van der Waals surface area contributed by atoms with Crippen LogP contribution >= 0.6 is 23.2 Å². The summed E-state index contributed by atoms with van der Waals surface area (Å²) in [5.41, 5.74) is 2.18. The number of ether oxygens (including phenoxy) is 1. The number of carbonyl (C=O) groups is 1. The van der Waals surface area contributed by atoms with E-state index in [2.05, 4.69) is 22.1 Å². The van der Waals surface area contributed by atoms with Gasteiger partial charge in [-0.25, -0.2) is 0 Å². The number of benzene rings is 3. The van der Waals surface area contributed by atoms with Crippen molar-refractivity contribution in [2.45, 2.75) is 0 Å². The number of aromatic nitrogens is 2. The molecule has 0 saturated heterocycles. The molecule has 8 heteroatoms. The molecule has 4 aromatic rings. The zero-order chi connectivity index (χ0) is 22.5. The second-order valence-corrected chi connectivity index (χ2v) is 7.56. The third-order valence-electron chi connectivity index (χ3n) is 4.46. The van der Waals surface area contributed by atoms with E-state index in [1.807, 2.05) is 0 Å². The molecule has 0 aliphatic rings. The number of nitrogens with zero attached hydrogens (tertiary/aromatic N) is 2. The minimum absolute atomic E-state index is 0.227. The third-order valence-corrected chi connectivity index (χ3v) is 4.96. The van der Waals surface area contributed by atoms with Gasteiger partial charge in [-0.15, -0.1) is 10.2 Å². The Kier molecular flexibility index (Phi) is 6.54. The minimum atomic E-state index is -0.305. The SMILES string of the molecule is C=CCOc1ccc(NC(=O)c2ccc(Cl)cc2)c(-c2nnc(-c3ccc(Cl)cc3)o2)c1. The van der Waals surface area contributed by atoms with Gasteiger partial charge in [0.1, 0.15) is 12.4 Å². The van der Waals surface area contributed by atoms with Gasteiger partial charge in [-0.3, -0.25) is 4.79 Å². The predicted molar refractivity (Wildman–Crippen MR) is 125 cm³/mol. The van der Waals surface area contributed by atoms with Crippen molar-refractivity contribution in [3.8, 4) is 28.7 Å². The Balaban J connectivity index is 1.68. The Morgan fingerprint density at radius 3 is 2.31 bits per heavy atom. The van der Waals surface area contributed by atoms with Gasteiger partial charge in [-0.05, 0) is 66.7 Å². The van der Waals surface area contributed by atoms with Crippen LogP contribution < -0.4 is 10.1 Å². The van der Waals surface area contributed by atoms with Crippen molar-refractivity contribution < 1.29 is 13.9 Å². The third kappa shape index (κ3) is 4.99. The van der Waals surface area contributed by atoms with Gasteiger partial charge in [-0.2, -0.15) is 0 Å². The number of hydrogen-bond donors (Lipinski definition) is 1. The Morgan fingerprint density at radius 2 is 1.62 bits per heavy atom. The largest absolute Gasteiger partial charge is 0.490 e. The summed E-state index contributed by atoms with van der Waals surface area (Å²) >= 11 is 11.9. The lowest BCUT2D eigenvalue weighted by Gasteiger charge is -2.11. The standard InChI is InChI=1S/C24H17Cl2N3O3/c1-2-13-31-19-11-12-21(27-22(30)15-3-7-17(25)8-4-15)20(14-19)24-29-28-23(32-24)16-5-9-18(26)10-6-16/h2-12,14H,1,13H2,(H,27,30). The zero-order valence-electron chi connectivity index (χ0n) is 16.7. The van der Waals surface area contributed by atoms with Crippen LogP contribution in [-0.4, -0.2) is 22.7 Å². The van der Waals surface area contributed by atoms with Crippen LogP contribution in [0.2, 0.25) is 10.0 Å². The van der Waals surface area contributed by atoms with E-state index in [9.17, 15) is 4.79 Å². The molecule has 0 spiro atoms. The second kappa shape index (κ2) is 9.68. The number of rotatable bonds is 7. The van der Waals surface area contributed by atoms with Crippen LogP contribution in [0.3, 0.4) is 0 Å². The van der Waals surface area contributed by atoms with Crippen molar-refractivity contribution in [2.24, 2.45) is 0 Å². The summed E-state index contributed by atoms with van der Waals surface area (Å²) in [5.74, 6) is 0.810. The quantitative estimate of drug-likeness (QED) is 0.314. The van der Waals surface area contributed by atoms with Gasteiger partial charge in [0, 0.05) is 21.2 Å². The topological polar surface area (TPSA) is 77.2 Å². The molecule has 1 N–H and O–H groups in total. The molecule has 0 radical (unpaired) electrons. The number of hydrogen-bond acceptors (Lipinski definition) is 5. The fourth-order valence-corrected chi connectivity index (χ4v) is 3.14. The molecular weight excluding hydrogens is 449 g/mol. The molecule has 1 amide bonds. The average Bonchev–Trinajstić information content (AvgIpc) is 3.29. The molecule has 0 aliphatic heterocycles. The minimum Gasteiger partial charge on any atom is -0.490 e. The summed E-state index contributed by atoms with van der Waals surface area (Å²) in [5, 5.41) is 12.3. The molecule has 1 aromatic heterocycles. The summed E-state index contributed by atoms with van der Waals surface area (Å²) in [6, 6.07) is 18.8. The van der Waals surface area contributed by atoms with E-state index in [1.165, 1.54) is 0 Å². The van der Waals surface area contributed by atoms with Gasteiger partial charge in [0.2, 0.25) is 11.8 Å². The summed E-state index contributed by atoms with van der Waals surface area (Å²) in [6.07, 6.45) is 1.64. The van der Waals surface area contributed by atoms with Crippen molar-refractivity contribution in [3.05, 3.63) is 95.0 Å². The molecule has 0 saturated carbocycles. The van der Waals surface area contributed by atoms with Gasteiger partial charge in [-0.1, -0.05) is 35.9 Å². The Bertz CT molecular complexity index is 1250. The van der Waals surface area contributed by atoms with Crippen LogP contribution in [0, 0.1) is 0 Å². The molecule has 0 bridgehead atoms. The van der Waals surface area contributed by atoms with E-state index < -0.39 is 0 Å². The molecule has 0 atom stereocenters. The lowest BCUT2D eigenvalue weighted by atomic mass is 10.1. The molecule has 0 unspecified atom stereocenters. The van der Waals surface area contributed by atoms with Crippen LogP contribution in [0.1, 0.15) is 10.4 Å². The number of nitrogens with one attached hydrogen (secondary N) is 1. The van der Waals surface area contributed by atoms with Crippen molar-refractivity contribution in [1.29, 1.82) is 0 Å². The molecule has 4 rings (SSSR count). The highest BCUT2D eigenvalue weighted by molar-refractivity contribution is 6.31. The first-order chi connectivity index (χ1) is 15.5. The molecule has 0 fully saturated rings. The maximum atomic E-state index is 12.7. The zero-order valence-corrected chi connectivity index (χ0v) is 18.2. The summed E-state index contributed by atoms with van der Waals surface area (Å²) in [4.78, 5) is 12.7. The smallest absolute Gasteiger partial charge is 0.255 e. The van der Waals surface area contributed by atoms with E-state index in [1.54, 1.807) is 72.8 Å². The van der Waals surface area contributed by atoms with Crippen molar-refractivity contribution in [2.75, 3.05) is 11.9 Å². The van der Waals surface area contributed by atoms with E-state index in [-0.39, 0.29) is 11.8 Å². The molecule has 1 heterocycles. The van der Waals surface area contributed by atoms with Crippen LogP contribution in [0.15, 0.2) is 83.8 Å². The lowest BCUT2D eigenvalue weighted by molar-refractivity contribution is 0.102. The van der Waals surface area contributed by atoms with E-state index in [0.717, 1.165) is 5.56 Å². The maximum absolute atomic E-state index is 12.7.